The van der Waals surface area contributed by atoms with Gasteiger partial charge in [0.25, 0.3) is 0 Å². The largest absolute Gasteiger partial charge is 0.468 e. The van der Waals surface area contributed by atoms with Crippen molar-refractivity contribution in [1.82, 2.24) is 0 Å². The fraction of sp³-hybridized carbons (Fsp3) is 0.150. The number of hydrogen-bond acceptors (Lipinski definition) is 5. The number of carbonyl (C=O) groups is 1. The van der Waals surface area contributed by atoms with Gasteiger partial charge < -0.3 is 19.6 Å². The van der Waals surface area contributed by atoms with Gasteiger partial charge in [0.05, 0.1) is 18.8 Å². The molecule has 0 aliphatic carbocycles. The summed E-state index contributed by atoms with van der Waals surface area (Å²) in [6.45, 7) is 2.01. The average Bonchev–Trinajstić information content (AvgIpc) is 3.14. The normalized spacial score (nSPS) is 16.4. The molecule has 1 aromatic heterocycles. The maximum Gasteiger partial charge on any atom is 0.340 e. The van der Waals surface area contributed by atoms with Crippen molar-refractivity contribution in [2.45, 2.75) is 12.8 Å². The van der Waals surface area contributed by atoms with Crippen LogP contribution in [0, 0.1) is 0 Å². The predicted molar refractivity (Wildman–Crippen MR) is 93.0 cm³/mol. The Labute approximate surface area is 144 Å². The molecule has 3 aromatic rings. The van der Waals surface area contributed by atoms with Crippen LogP contribution in [0.5, 0.6) is 5.75 Å². The summed E-state index contributed by atoms with van der Waals surface area (Å²) in [7, 11) is 0. The second-order valence-electron chi connectivity index (χ2n) is 5.75. The number of furan rings is 1. The molecule has 2 N–H and O–H groups in total. The molecular weight excluding hydrogens is 318 g/mol. The van der Waals surface area contributed by atoms with E-state index in [2.05, 4.69) is 0 Å². The third-order valence-corrected chi connectivity index (χ3v) is 4.32. The van der Waals surface area contributed by atoms with Gasteiger partial charge in [-0.25, -0.2) is 4.79 Å². The lowest BCUT2D eigenvalue weighted by atomic mass is 9.83. The molecule has 5 nitrogen and oxygen atoms in total. The number of fused-ring (bicyclic) bond motifs is 3. The average molecular weight is 335 g/mol. The Hall–Kier alpha value is -3.21. The van der Waals surface area contributed by atoms with Crippen molar-refractivity contribution < 1.29 is 18.7 Å². The van der Waals surface area contributed by atoms with Gasteiger partial charge in [-0.1, -0.05) is 30.3 Å². The van der Waals surface area contributed by atoms with E-state index in [9.17, 15) is 4.79 Å². The first-order valence-corrected chi connectivity index (χ1v) is 8.10. The fourth-order valence-electron chi connectivity index (χ4n) is 3.29. The fourth-order valence-corrected chi connectivity index (χ4v) is 3.29. The molecule has 4 rings (SSSR count). The Bertz CT molecular complexity index is 973. The number of esters is 1. The monoisotopic (exact) mass is 335 g/mol. The highest BCUT2D eigenvalue weighted by atomic mass is 16.5. The number of rotatable bonds is 3. The van der Waals surface area contributed by atoms with E-state index >= 15 is 0 Å². The first-order valence-electron chi connectivity index (χ1n) is 8.10. The standard InChI is InChI=1S/C20H17NO4/c1-2-23-20(22)18-17(14-8-5-11-24-14)16-13-7-4-3-6-12(13)9-10-15(16)25-19(18)21/h3-11,17H,2,21H2,1H3. The SMILES string of the molecule is CCOC(=O)C1=C(N)Oc2ccc3ccccc3c2C1c1ccco1. The van der Waals surface area contributed by atoms with Crippen LogP contribution in [0.3, 0.4) is 0 Å². The molecule has 5 heteroatoms. The lowest BCUT2D eigenvalue weighted by molar-refractivity contribution is -0.139. The van der Waals surface area contributed by atoms with Crippen LogP contribution in [0.15, 0.2) is 70.7 Å². The van der Waals surface area contributed by atoms with Crippen LogP contribution in [0.2, 0.25) is 0 Å². The number of benzene rings is 2. The summed E-state index contributed by atoms with van der Waals surface area (Å²) in [6.07, 6.45) is 1.58. The van der Waals surface area contributed by atoms with Crippen LogP contribution in [-0.2, 0) is 9.53 Å². The summed E-state index contributed by atoms with van der Waals surface area (Å²) in [5.74, 6) is 0.295. The van der Waals surface area contributed by atoms with Gasteiger partial charge in [-0.05, 0) is 35.9 Å². The summed E-state index contributed by atoms with van der Waals surface area (Å²) in [5.41, 5.74) is 7.20. The van der Waals surface area contributed by atoms with Crippen molar-refractivity contribution in [2.75, 3.05) is 6.61 Å². The molecule has 0 saturated heterocycles. The molecule has 1 aliphatic heterocycles. The Balaban J connectivity index is 2.00. The van der Waals surface area contributed by atoms with Gasteiger partial charge in [-0.15, -0.1) is 0 Å². The Morgan fingerprint density at radius 2 is 2.00 bits per heavy atom. The molecule has 0 spiro atoms. The second kappa shape index (κ2) is 6.02. The molecule has 0 bridgehead atoms. The summed E-state index contributed by atoms with van der Waals surface area (Å²) in [5, 5.41) is 2.03. The summed E-state index contributed by atoms with van der Waals surface area (Å²) in [6, 6.07) is 15.4. The summed E-state index contributed by atoms with van der Waals surface area (Å²) >= 11 is 0. The second-order valence-corrected chi connectivity index (χ2v) is 5.75. The van der Waals surface area contributed by atoms with Gasteiger partial charge in [0, 0.05) is 5.56 Å². The highest BCUT2D eigenvalue weighted by molar-refractivity contribution is 5.96. The van der Waals surface area contributed by atoms with Gasteiger partial charge in [0.2, 0.25) is 5.88 Å². The Morgan fingerprint density at radius 3 is 2.76 bits per heavy atom. The van der Waals surface area contributed by atoms with Crippen molar-refractivity contribution in [3.05, 3.63) is 77.6 Å². The van der Waals surface area contributed by atoms with E-state index in [1.165, 1.54) is 0 Å². The quantitative estimate of drug-likeness (QED) is 0.739. The summed E-state index contributed by atoms with van der Waals surface area (Å²) in [4.78, 5) is 12.6. The first kappa shape index (κ1) is 15.3. The Kier molecular flexibility index (Phi) is 3.69. The van der Waals surface area contributed by atoms with Gasteiger partial charge in [0.15, 0.2) is 0 Å². The van der Waals surface area contributed by atoms with E-state index in [1.807, 2.05) is 42.5 Å². The number of hydrogen-bond donors (Lipinski definition) is 1. The van der Waals surface area contributed by atoms with Crippen molar-refractivity contribution in [1.29, 1.82) is 0 Å². The molecule has 0 amide bonds. The third kappa shape index (κ3) is 2.45. The van der Waals surface area contributed by atoms with Gasteiger partial charge in [-0.3, -0.25) is 0 Å². The van der Waals surface area contributed by atoms with Gasteiger partial charge in [-0.2, -0.15) is 0 Å². The van der Waals surface area contributed by atoms with E-state index < -0.39 is 11.9 Å². The number of nitrogens with two attached hydrogens (primary N) is 1. The smallest absolute Gasteiger partial charge is 0.340 e. The lowest BCUT2D eigenvalue weighted by Crippen LogP contribution is -2.27. The van der Waals surface area contributed by atoms with Crippen molar-refractivity contribution in [3.8, 4) is 5.75 Å². The molecule has 1 aliphatic rings. The van der Waals surface area contributed by atoms with Crippen molar-refractivity contribution >= 4 is 16.7 Å². The van der Waals surface area contributed by atoms with Crippen LogP contribution in [0.4, 0.5) is 0 Å². The molecule has 2 heterocycles. The highest BCUT2D eigenvalue weighted by Crippen LogP contribution is 2.46. The molecule has 1 unspecified atom stereocenters. The highest BCUT2D eigenvalue weighted by Gasteiger charge is 2.38. The van der Waals surface area contributed by atoms with Crippen LogP contribution in [0.25, 0.3) is 10.8 Å². The van der Waals surface area contributed by atoms with Crippen LogP contribution < -0.4 is 10.5 Å². The third-order valence-electron chi connectivity index (χ3n) is 4.32. The van der Waals surface area contributed by atoms with Crippen LogP contribution >= 0.6 is 0 Å². The minimum atomic E-state index is -0.500. The molecular formula is C20H17NO4. The number of carbonyl (C=O) groups excluding carboxylic acids is 1. The molecule has 1 atom stereocenters. The number of ether oxygens (including phenoxy) is 2. The zero-order valence-electron chi connectivity index (χ0n) is 13.7. The van der Waals surface area contributed by atoms with Gasteiger partial charge in [0.1, 0.15) is 17.1 Å². The maximum absolute atomic E-state index is 12.6. The molecule has 0 radical (unpaired) electrons. The Morgan fingerprint density at radius 1 is 1.16 bits per heavy atom. The molecule has 2 aromatic carbocycles. The zero-order chi connectivity index (χ0) is 17.4. The lowest BCUT2D eigenvalue weighted by Gasteiger charge is -2.28. The van der Waals surface area contributed by atoms with Crippen LogP contribution in [0.1, 0.15) is 24.2 Å². The maximum atomic E-state index is 12.6. The van der Waals surface area contributed by atoms with Crippen molar-refractivity contribution in [3.63, 3.8) is 0 Å². The van der Waals surface area contributed by atoms with Gasteiger partial charge >= 0.3 is 5.97 Å². The molecule has 0 saturated carbocycles. The van der Waals surface area contributed by atoms with E-state index in [0.29, 0.717) is 11.5 Å². The van der Waals surface area contributed by atoms with E-state index in [1.54, 1.807) is 19.3 Å². The molecule has 0 fully saturated rings. The minimum absolute atomic E-state index is 0.0441. The minimum Gasteiger partial charge on any atom is -0.468 e. The van der Waals surface area contributed by atoms with E-state index in [-0.39, 0.29) is 18.1 Å². The van der Waals surface area contributed by atoms with Crippen molar-refractivity contribution in [2.24, 2.45) is 5.73 Å². The first-order chi connectivity index (χ1) is 12.2. The predicted octanol–water partition coefficient (Wildman–Crippen LogP) is 3.69. The van der Waals surface area contributed by atoms with Crippen LogP contribution in [-0.4, -0.2) is 12.6 Å². The molecule has 126 valence electrons. The topological polar surface area (TPSA) is 74.7 Å². The zero-order valence-corrected chi connectivity index (χ0v) is 13.7. The summed E-state index contributed by atoms with van der Waals surface area (Å²) < 4.78 is 16.6. The molecule has 25 heavy (non-hydrogen) atoms. The van der Waals surface area contributed by atoms with E-state index in [0.717, 1.165) is 16.3 Å². The van der Waals surface area contributed by atoms with E-state index in [4.69, 9.17) is 19.6 Å².